The van der Waals surface area contributed by atoms with Crippen LogP contribution in [0.3, 0.4) is 0 Å². The van der Waals surface area contributed by atoms with E-state index in [0.717, 1.165) is 16.3 Å². The van der Waals surface area contributed by atoms with Crippen molar-refractivity contribution in [3.63, 3.8) is 0 Å². The van der Waals surface area contributed by atoms with E-state index in [0.29, 0.717) is 16.9 Å². The third kappa shape index (κ3) is 3.08. The number of carbonyl (C=O) groups is 2. The number of aryl methyl sites for hydroxylation is 1. The third-order valence-corrected chi connectivity index (χ3v) is 6.15. The van der Waals surface area contributed by atoms with Crippen LogP contribution < -0.4 is 15.1 Å². The van der Waals surface area contributed by atoms with E-state index in [1.54, 1.807) is 14.0 Å². The number of hydrogen-bond acceptors (Lipinski definition) is 7. The zero-order valence-corrected chi connectivity index (χ0v) is 18.2. The molecule has 1 aliphatic rings. The van der Waals surface area contributed by atoms with Gasteiger partial charge < -0.3 is 19.0 Å². The van der Waals surface area contributed by atoms with Crippen molar-refractivity contribution >= 4 is 33.5 Å². The first-order valence-electron chi connectivity index (χ1n) is 10.4. The molecule has 4 aromatic rings. The van der Waals surface area contributed by atoms with Crippen LogP contribution in [-0.4, -0.2) is 24.0 Å². The molecule has 1 N–H and O–H groups in total. The first-order chi connectivity index (χ1) is 15.8. The van der Waals surface area contributed by atoms with Crippen LogP contribution in [0, 0.1) is 6.92 Å². The number of esters is 1. The minimum Gasteiger partial charge on any atom is -0.506 e. The molecule has 2 heterocycles. The quantitative estimate of drug-likeness (QED) is 0.213. The number of hydrogen-bond donors (Lipinski definition) is 1. The molecule has 0 bridgehead atoms. The van der Waals surface area contributed by atoms with E-state index in [1.807, 2.05) is 36.4 Å². The number of rotatable bonds is 3. The van der Waals surface area contributed by atoms with Gasteiger partial charge in [-0.15, -0.1) is 0 Å². The van der Waals surface area contributed by atoms with E-state index in [-0.39, 0.29) is 34.5 Å². The summed E-state index contributed by atoms with van der Waals surface area (Å²) in [5, 5.41) is 12.9. The van der Waals surface area contributed by atoms with E-state index in [1.165, 1.54) is 13.0 Å². The molecule has 5 rings (SSSR count). The Bertz CT molecular complexity index is 1540. The molecule has 0 amide bonds. The van der Waals surface area contributed by atoms with Crippen molar-refractivity contribution in [1.29, 1.82) is 0 Å². The lowest BCUT2D eigenvalue weighted by Crippen LogP contribution is -2.24. The zero-order valence-electron chi connectivity index (χ0n) is 18.2. The summed E-state index contributed by atoms with van der Waals surface area (Å²) in [4.78, 5) is 37.5. The molecule has 0 saturated carbocycles. The van der Waals surface area contributed by atoms with Crippen molar-refractivity contribution in [3.8, 4) is 17.2 Å². The number of Topliss-reactive ketones (excluding diaryl/α,β-unsaturated/α-hetero) is 1. The molecular formula is C26H20O7. The lowest BCUT2D eigenvalue weighted by Gasteiger charge is -2.28. The Balaban J connectivity index is 1.95. The second-order valence-electron chi connectivity index (χ2n) is 8.11. The second-order valence-corrected chi connectivity index (χ2v) is 8.11. The predicted molar refractivity (Wildman–Crippen MR) is 121 cm³/mol. The molecule has 7 heteroatoms. The first-order valence-corrected chi connectivity index (χ1v) is 10.4. The number of methoxy groups -OCH3 is 1. The fourth-order valence-electron chi connectivity index (χ4n) is 4.78. The van der Waals surface area contributed by atoms with Crippen LogP contribution in [0.25, 0.3) is 21.7 Å². The summed E-state index contributed by atoms with van der Waals surface area (Å²) in [5.74, 6) is -1.36. The summed E-state index contributed by atoms with van der Waals surface area (Å²) in [5.41, 5.74) is 1.03. The van der Waals surface area contributed by atoms with Crippen LogP contribution in [0.1, 0.15) is 46.3 Å². The van der Waals surface area contributed by atoms with E-state index in [9.17, 15) is 19.5 Å². The molecule has 0 fully saturated rings. The molecular weight excluding hydrogens is 424 g/mol. The molecule has 33 heavy (non-hydrogen) atoms. The van der Waals surface area contributed by atoms with Gasteiger partial charge in [0, 0.05) is 22.9 Å². The number of fused-ring (bicyclic) bond motifs is 4. The van der Waals surface area contributed by atoms with E-state index < -0.39 is 23.3 Å². The van der Waals surface area contributed by atoms with E-state index >= 15 is 0 Å². The SMILES string of the molecule is COc1ccc([C@H]2CC(=O)Oc3c(C(C)=O)c(O)c4c(C)cc(=O)oc4c32)c2ccccc12. The Morgan fingerprint density at radius 2 is 1.85 bits per heavy atom. The van der Waals surface area contributed by atoms with Gasteiger partial charge in [0.2, 0.25) is 0 Å². The average Bonchev–Trinajstić information content (AvgIpc) is 2.77. The summed E-state index contributed by atoms with van der Waals surface area (Å²) in [7, 11) is 1.58. The van der Waals surface area contributed by atoms with Gasteiger partial charge in [0.1, 0.15) is 22.6 Å². The smallest absolute Gasteiger partial charge is 0.336 e. The van der Waals surface area contributed by atoms with Gasteiger partial charge in [-0.3, -0.25) is 9.59 Å². The highest BCUT2D eigenvalue weighted by Crippen LogP contribution is 2.50. The first kappa shape index (κ1) is 20.8. The molecule has 0 radical (unpaired) electrons. The van der Waals surface area contributed by atoms with Crippen molar-refractivity contribution in [2.24, 2.45) is 0 Å². The van der Waals surface area contributed by atoms with E-state index in [2.05, 4.69) is 0 Å². The molecule has 1 atom stereocenters. The fraction of sp³-hybridized carbons (Fsp3) is 0.192. The van der Waals surface area contributed by atoms with Crippen molar-refractivity contribution in [2.45, 2.75) is 26.2 Å². The number of carbonyl (C=O) groups excluding carboxylic acids is 2. The number of ether oxygens (including phenoxy) is 2. The van der Waals surface area contributed by atoms with Gasteiger partial charge in [-0.2, -0.15) is 0 Å². The molecule has 7 nitrogen and oxygen atoms in total. The maximum Gasteiger partial charge on any atom is 0.336 e. The molecule has 1 aromatic heterocycles. The van der Waals surface area contributed by atoms with Crippen LogP contribution in [0.4, 0.5) is 0 Å². The minimum atomic E-state index is -0.604. The van der Waals surface area contributed by atoms with Gasteiger partial charge in [0.05, 0.1) is 18.9 Å². The standard InChI is InChI=1S/C26H20O7/c1-12-10-19(28)32-25-21(12)24(30)22(13(2)27)26-23(25)17(11-20(29)33-26)15-8-9-18(31-3)16-7-5-4-6-14(15)16/h4-10,17,30H,11H2,1-3H3/t17-/m1/s1. The van der Waals surface area contributed by atoms with Crippen molar-refractivity contribution in [1.82, 2.24) is 0 Å². The lowest BCUT2D eigenvalue weighted by atomic mass is 9.81. The van der Waals surface area contributed by atoms with Crippen molar-refractivity contribution in [3.05, 3.63) is 75.1 Å². The summed E-state index contributed by atoms with van der Waals surface area (Å²) in [6.07, 6.45) is -0.0296. The van der Waals surface area contributed by atoms with Crippen molar-refractivity contribution in [2.75, 3.05) is 7.11 Å². The van der Waals surface area contributed by atoms with Gasteiger partial charge >= 0.3 is 11.6 Å². The van der Waals surface area contributed by atoms with Crippen LogP contribution >= 0.6 is 0 Å². The summed E-state index contributed by atoms with van der Waals surface area (Å²) in [6, 6.07) is 12.5. The Kier molecular flexibility index (Phi) is 4.70. The largest absolute Gasteiger partial charge is 0.506 e. The number of phenolic OH excluding ortho intramolecular Hbond substituents is 1. The molecule has 0 aliphatic carbocycles. The van der Waals surface area contributed by atoms with Crippen molar-refractivity contribution < 1.29 is 28.6 Å². The lowest BCUT2D eigenvalue weighted by molar-refractivity contribution is -0.135. The molecule has 3 aromatic carbocycles. The second kappa shape index (κ2) is 7.48. The van der Waals surface area contributed by atoms with Gasteiger partial charge in [-0.05, 0) is 36.4 Å². The summed E-state index contributed by atoms with van der Waals surface area (Å²) < 4.78 is 16.6. The number of ketones is 1. The number of aromatic hydroxyl groups is 1. The van der Waals surface area contributed by atoms with Crippen LogP contribution in [0.2, 0.25) is 0 Å². The average molecular weight is 444 g/mol. The van der Waals surface area contributed by atoms with Gasteiger partial charge in [0.25, 0.3) is 0 Å². The topological polar surface area (TPSA) is 103 Å². The van der Waals surface area contributed by atoms with Crippen LogP contribution in [0.15, 0.2) is 51.7 Å². The number of benzene rings is 3. The highest BCUT2D eigenvalue weighted by atomic mass is 16.5. The highest BCUT2D eigenvalue weighted by molar-refractivity contribution is 6.09. The highest BCUT2D eigenvalue weighted by Gasteiger charge is 2.38. The molecule has 0 unspecified atom stereocenters. The van der Waals surface area contributed by atoms with Gasteiger partial charge in [-0.25, -0.2) is 4.79 Å². The molecule has 0 saturated heterocycles. The molecule has 0 spiro atoms. The fourth-order valence-corrected chi connectivity index (χ4v) is 4.78. The Morgan fingerprint density at radius 3 is 2.55 bits per heavy atom. The Morgan fingerprint density at radius 1 is 1.12 bits per heavy atom. The van der Waals surface area contributed by atoms with E-state index in [4.69, 9.17) is 13.9 Å². The van der Waals surface area contributed by atoms with Crippen LogP contribution in [0.5, 0.6) is 17.2 Å². The predicted octanol–water partition coefficient (Wildman–Crippen LogP) is 4.61. The molecule has 166 valence electrons. The minimum absolute atomic E-state index is 0.0296. The summed E-state index contributed by atoms with van der Waals surface area (Å²) in [6.45, 7) is 2.94. The maximum absolute atomic E-state index is 12.7. The van der Waals surface area contributed by atoms with Gasteiger partial charge in [0.15, 0.2) is 11.5 Å². The molecule has 1 aliphatic heterocycles. The van der Waals surface area contributed by atoms with Crippen LogP contribution in [-0.2, 0) is 4.79 Å². The third-order valence-electron chi connectivity index (χ3n) is 6.15. The Labute approximate surface area is 188 Å². The van der Waals surface area contributed by atoms with Gasteiger partial charge in [-0.1, -0.05) is 30.3 Å². The number of phenols is 1. The normalized spacial score (nSPS) is 15.4. The zero-order chi connectivity index (χ0) is 23.4. The Hall–Kier alpha value is -4.13. The maximum atomic E-state index is 12.7. The monoisotopic (exact) mass is 444 g/mol. The summed E-state index contributed by atoms with van der Waals surface area (Å²) >= 11 is 0.